The second-order valence-corrected chi connectivity index (χ2v) is 3.16. The van der Waals surface area contributed by atoms with Gasteiger partial charge in [0.05, 0.1) is 12.0 Å². The van der Waals surface area contributed by atoms with Gasteiger partial charge in [0, 0.05) is 25.6 Å². The van der Waals surface area contributed by atoms with Gasteiger partial charge >= 0.3 is 0 Å². The van der Waals surface area contributed by atoms with Crippen molar-refractivity contribution < 1.29 is 0 Å². The minimum atomic E-state index is 0.0335. The van der Waals surface area contributed by atoms with Crippen LogP contribution in [0.5, 0.6) is 0 Å². The number of nitrogens with zero attached hydrogens (tertiary/aromatic N) is 3. The fourth-order valence-electron chi connectivity index (χ4n) is 1.44. The summed E-state index contributed by atoms with van der Waals surface area (Å²) >= 11 is 0. The van der Waals surface area contributed by atoms with Crippen molar-refractivity contribution in [3.05, 3.63) is 36.4 Å². The number of hydrogen-bond donors (Lipinski definition) is 2. The molecule has 1 atom stereocenters. The average Bonchev–Trinajstić information content (AvgIpc) is 2.79. The highest BCUT2D eigenvalue weighted by atomic mass is 15.1. The first-order valence-electron chi connectivity index (χ1n) is 4.45. The molecule has 0 bridgehead atoms. The van der Waals surface area contributed by atoms with E-state index < -0.39 is 0 Å². The van der Waals surface area contributed by atoms with Crippen LogP contribution in [0.4, 0.5) is 0 Å². The molecule has 0 aliphatic carbocycles. The summed E-state index contributed by atoms with van der Waals surface area (Å²) in [6.07, 6.45) is 7.30. The zero-order valence-electron chi connectivity index (χ0n) is 8.23. The van der Waals surface area contributed by atoms with Gasteiger partial charge in [0.2, 0.25) is 0 Å². The molecule has 0 fully saturated rings. The summed E-state index contributed by atoms with van der Waals surface area (Å²) in [5.74, 6) is 0.881. The quantitative estimate of drug-likeness (QED) is 0.740. The predicted octanol–water partition coefficient (Wildman–Crippen LogP) is 0.452. The summed E-state index contributed by atoms with van der Waals surface area (Å²) in [5, 5.41) is 3.16. The Hall–Kier alpha value is -1.62. The van der Waals surface area contributed by atoms with Crippen LogP contribution >= 0.6 is 0 Å². The molecule has 2 heterocycles. The number of H-pyrrole nitrogens is 1. The summed E-state index contributed by atoms with van der Waals surface area (Å²) in [6, 6.07) is 0.0335. The lowest BCUT2D eigenvalue weighted by molar-refractivity contribution is 0.639. The molecule has 5 nitrogen and oxygen atoms in total. The summed E-state index contributed by atoms with van der Waals surface area (Å²) in [7, 11) is 3.84. The van der Waals surface area contributed by atoms with E-state index in [-0.39, 0.29) is 6.04 Å². The number of imidazole rings is 2. The highest BCUT2D eigenvalue weighted by Crippen LogP contribution is 2.15. The molecule has 0 amide bonds. The van der Waals surface area contributed by atoms with E-state index in [1.807, 2.05) is 31.1 Å². The summed E-state index contributed by atoms with van der Waals surface area (Å²) < 4.78 is 1.92. The van der Waals surface area contributed by atoms with Crippen LogP contribution in [0.3, 0.4) is 0 Å². The molecule has 1 unspecified atom stereocenters. The van der Waals surface area contributed by atoms with Crippen molar-refractivity contribution in [2.75, 3.05) is 7.05 Å². The molecular formula is C9H13N5. The van der Waals surface area contributed by atoms with Crippen LogP contribution in [0.2, 0.25) is 0 Å². The van der Waals surface area contributed by atoms with Crippen LogP contribution in [0.15, 0.2) is 24.9 Å². The van der Waals surface area contributed by atoms with Gasteiger partial charge in [-0.3, -0.25) is 0 Å². The number of rotatable bonds is 3. The van der Waals surface area contributed by atoms with Gasteiger partial charge in [-0.1, -0.05) is 0 Å². The Balaban J connectivity index is 2.31. The van der Waals surface area contributed by atoms with E-state index in [2.05, 4.69) is 20.3 Å². The first-order chi connectivity index (χ1) is 6.81. The summed E-state index contributed by atoms with van der Waals surface area (Å²) in [6.45, 7) is 0. The van der Waals surface area contributed by atoms with Gasteiger partial charge in [0.25, 0.3) is 0 Å². The van der Waals surface area contributed by atoms with Crippen molar-refractivity contribution in [3.63, 3.8) is 0 Å². The third-order valence-electron chi connectivity index (χ3n) is 2.10. The Morgan fingerprint density at radius 3 is 2.86 bits per heavy atom. The van der Waals surface area contributed by atoms with Gasteiger partial charge in [-0.05, 0) is 7.05 Å². The van der Waals surface area contributed by atoms with E-state index in [0.29, 0.717) is 0 Å². The molecule has 0 saturated carbocycles. The zero-order valence-corrected chi connectivity index (χ0v) is 8.23. The minimum Gasteiger partial charge on any atom is -0.347 e. The lowest BCUT2D eigenvalue weighted by atomic mass is 10.2. The molecule has 0 aliphatic heterocycles. The number of hydrogen-bond acceptors (Lipinski definition) is 3. The molecular weight excluding hydrogens is 178 g/mol. The second-order valence-electron chi connectivity index (χ2n) is 3.16. The van der Waals surface area contributed by atoms with Gasteiger partial charge in [-0.2, -0.15) is 0 Å². The Labute approximate surface area is 82.2 Å². The van der Waals surface area contributed by atoms with Crippen LogP contribution in [0.1, 0.15) is 17.6 Å². The van der Waals surface area contributed by atoms with E-state index in [4.69, 9.17) is 0 Å². The third kappa shape index (κ3) is 1.54. The highest BCUT2D eigenvalue weighted by Gasteiger charge is 2.15. The molecule has 2 aromatic heterocycles. The van der Waals surface area contributed by atoms with Crippen molar-refractivity contribution in [3.8, 4) is 0 Å². The maximum atomic E-state index is 4.28. The zero-order chi connectivity index (χ0) is 9.97. The molecule has 74 valence electrons. The van der Waals surface area contributed by atoms with Gasteiger partial charge in [0.1, 0.15) is 11.9 Å². The normalized spacial score (nSPS) is 13.0. The Kier molecular flexibility index (Phi) is 2.32. The van der Waals surface area contributed by atoms with Crippen LogP contribution in [-0.2, 0) is 7.05 Å². The van der Waals surface area contributed by atoms with Crippen LogP contribution in [-0.4, -0.2) is 26.6 Å². The maximum absolute atomic E-state index is 4.28. The molecule has 2 rings (SSSR count). The van der Waals surface area contributed by atoms with E-state index in [1.54, 1.807) is 12.5 Å². The van der Waals surface area contributed by atoms with Crippen molar-refractivity contribution in [1.82, 2.24) is 24.8 Å². The van der Waals surface area contributed by atoms with Crippen molar-refractivity contribution in [2.24, 2.45) is 7.05 Å². The largest absolute Gasteiger partial charge is 0.347 e. The van der Waals surface area contributed by atoms with E-state index in [9.17, 15) is 0 Å². The molecule has 14 heavy (non-hydrogen) atoms. The van der Waals surface area contributed by atoms with E-state index in [1.165, 1.54) is 0 Å². The van der Waals surface area contributed by atoms with Gasteiger partial charge in [-0.25, -0.2) is 9.97 Å². The van der Waals surface area contributed by atoms with Gasteiger partial charge < -0.3 is 14.9 Å². The molecule has 0 aromatic carbocycles. The summed E-state index contributed by atoms with van der Waals surface area (Å²) in [4.78, 5) is 11.6. The highest BCUT2D eigenvalue weighted by molar-refractivity contribution is 5.14. The number of aryl methyl sites for hydroxylation is 1. The van der Waals surface area contributed by atoms with Crippen molar-refractivity contribution in [2.45, 2.75) is 6.04 Å². The van der Waals surface area contributed by atoms with Gasteiger partial charge in [-0.15, -0.1) is 0 Å². The van der Waals surface area contributed by atoms with Crippen molar-refractivity contribution in [1.29, 1.82) is 0 Å². The molecule has 0 radical (unpaired) electrons. The number of nitrogens with one attached hydrogen (secondary N) is 2. The smallest absolute Gasteiger partial charge is 0.129 e. The standard InChI is InChI=1S/C9H13N5/c1-10-8(9-11-3-4-12-9)7-5-14(2)6-13-7/h3-6,8,10H,1-2H3,(H,11,12). The molecule has 5 heteroatoms. The SMILES string of the molecule is CNC(c1cn(C)cn1)c1ncc[nH]1. The molecule has 2 aromatic rings. The van der Waals surface area contributed by atoms with E-state index in [0.717, 1.165) is 11.5 Å². The first-order valence-corrected chi connectivity index (χ1v) is 4.45. The number of aromatic nitrogens is 4. The fraction of sp³-hybridized carbons (Fsp3) is 0.333. The molecule has 0 aliphatic rings. The molecule has 2 N–H and O–H groups in total. The van der Waals surface area contributed by atoms with Crippen molar-refractivity contribution >= 4 is 0 Å². The lowest BCUT2D eigenvalue weighted by Gasteiger charge is -2.09. The Bertz CT molecular complexity index is 389. The predicted molar refractivity (Wildman–Crippen MR) is 52.7 cm³/mol. The fourth-order valence-corrected chi connectivity index (χ4v) is 1.44. The third-order valence-corrected chi connectivity index (χ3v) is 2.10. The van der Waals surface area contributed by atoms with Crippen LogP contribution in [0.25, 0.3) is 0 Å². The average molecular weight is 191 g/mol. The second kappa shape index (κ2) is 3.63. The summed E-state index contributed by atoms with van der Waals surface area (Å²) in [5.41, 5.74) is 0.963. The van der Waals surface area contributed by atoms with Gasteiger partial charge in [0.15, 0.2) is 0 Å². The van der Waals surface area contributed by atoms with Crippen LogP contribution in [0, 0.1) is 0 Å². The van der Waals surface area contributed by atoms with Crippen LogP contribution < -0.4 is 5.32 Å². The topological polar surface area (TPSA) is 58.5 Å². The monoisotopic (exact) mass is 191 g/mol. The number of aromatic amines is 1. The van der Waals surface area contributed by atoms with E-state index >= 15 is 0 Å². The molecule has 0 saturated heterocycles. The lowest BCUT2D eigenvalue weighted by Crippen LogP contribution is -2.19. The Morgan fingerprint density at radius 2 is 2.36 bits per heavy atom. The minimum absolute atomic E-state index is 0.0335. The molecule has 0 spiro atoms. The maximum Gasteiger partial charge on any atom is 0.129 e. The first kappa shape index (κ1) is 8.96. The Morgan fingerprint density at radius 1 is 1.50 bits per heavy atom.